The Morgan fingerprint density at radius 3 is 2.61 bits per heavy atom. The number of ether oxygens (including phenoxy) is 2. The van der Waals surface area contributed by atoms with Crippen molar-refractivity contribution in [3.05, 3.63) is 0 Å². The topological polar surface area (TPSA) is 50.8 Å². The van der Waals surface area contributed by atoms with Crippen LogP contribution in [0.5, 0.6) is 0 Å². The van der Waals surface area contributed by atoms with Gasteiger partial charge in [0.25, 0.3) is 0 Å². The smallest absolute Gasteiger partial charge is 0.410 e. The van der Waals surface area contributed by atoms with Gasteiger partial charge < -0.3 is 19.7 Å². The van der Waals surface area contributed by atoms with Crippen molar-refractivity contribution in [2.45, 2.75) is 77.0 Å². The van der Waals surface area contributed by atoms with Gasteiger partial charge in [-0.3, -0.25) is 0 Å². The zero-order valence-corrected chi connectivity index (χ0v) is 15.3. The van der Waals surface area contributed by atoms with Gasteiger partial charge in [-0.1, -0.05) is 12.8 Å². The monoisotopic (exact) mass is 326 g/mol. The first-order chi connectivity index (χ1) is 10.9. The van der Waals surface area contributed by atoms with Crippen LogP contribution in [-0.2, 0) is 9.47 Å². The fraction of sp³-hybridized carbons (Fsp3) is 0.944. The first-order valence-corrected chi connectivity index (χ1v) is 9.14. The van der Waals surface area contributed by atoms with Crippen molar-refractivity contribution in [1.82, 2.24) is 10.2 Å². The minimum atomic E-state index is -0.424. The molecule has 1 amide bonds. The third-order valence-electron chi connectivity index (χ3n) is 4.95. The van der Waals surface area contributed by atoms with E-state index in [-0.39, 0.29) is 6.09 Å². The van der Waals surface area contributed by atoms with E-state index in [1.165, 1.54) is 25.7 Å². The lowest BCUT2D eigenvalue weighted by Gasteiger charge is -2.40. The van der Waals surface area contributed by atoms with Crippen LogP contribution in [0.4, 0.5) is 4.79 Å². The van der Waals surface area contributed by atoms with Crippen LogP contribution >= 0.6 is 0 Å². The molecule has 23 heavy (non-hydrogen) atoms. The van der Waals surface area contributed by atoms with E-state index in [1.807, 2.05) is 25.7 Å². The van der Waals surface area contributed by atoms with Crippen LogP contribution in [-0.4, -0.2) is 55.5 Å². The molecule has 0 spiro atoms. The second kappa shape index (κ2) is 8.34. The van der Waals surface area contributed by atoms with Gasteiger partial charge in [0.05, 0.1) is 6.61 Å². The summed E-state index contributed by atoms with van der Waals surface area (Å²) in [5, 5.41) is 3.65. The molecular formula is C18H34N2O3. The highest BCUT2D eigenvalue weighted by Crippen LogP contribution is 2.35. The highest BCUT2D eigenvalue weighted by atomic mass is 16.6. The third kappa shape index (κ3) is 5.35. The molecule has 0 aromatic carbocycles. The standard InChI is InChI=1S/C18H34N2O3/c1-18(2,3)23-17(21)20-12-7-10-16(20)14-8-5-6-9-15(14)19-11-13-22-4/h14-16,19H,5-13H2,1-4H3. The molecule has 1 saturated heterocycles. The largest absolute Gasteiger partial charge is 0.444 e. The van der Waals surface area contributed by atoms with Crippen molar-refractivity contribution in [2.24, 2.45) is 5.92 Å². The molecule has 2 aliphatic rings. The van der Waals surface area contributed by atoms with Crippen LogP contribution in [0, 0.1) is 5.92 Å². The Labute approximate surface area is 141 Å². The Kier molecular flexibility index (Phi) is 6.72. The second-order valence-electron chi connectivity index (χ2n) is 7.89. The summed E-state index contributed by atoms with van der Waals surface area (Å²) in [5.74, 6) is 0.538. The van der Waals surface area contributed by atoms with Crippen LogP contribution < -0.4 is 5.32 Å². The van der Waals surface area contributed by atoms with Crippen LogP contribution in [0.2, 0.25) is 0 Å². The lowest BCUT2D eigenvalue weighted by atomic mass is 9.79. The van der Waals surface area contributed by atoms with Crippen LogP contribution in [0.3, 0.4) is 0 Å². The molecule has 5 nitrogen and oxygen atoms in total. The summed E-state index contributed by atoms with van der Waals surface area (Å²) in [6, 6.07) is 0.817. The van der Waals surface area contributed by atoms with E-state index in [2.05, 4.69) is 5.32 Å². The van der Waals surface area contributed by atoms with Gasteiger partial charge in [-0.05, 0) is 52.4 Å². The van der Waals surface area contributed by atoms with E-state index in [0.717, 1.165) is 32.5 Å². The van der Waals surface area contributed by atoms with Gasteiger partial charge in [0.15, 0.2) is 0 Å². The van der Waals surface area contributed by atoms with Gasteiger partial charge >= 0.3 is 6.09 Å². The minimum Gasteiger partial charge on any atom is -0.444 e. The number of methoxy groups -OCH3 is 1. The van der Waals surface area contributed by atoms with E-state index in [1.54, 1.807) is 7.11 Å². The third-order valence-corrected chi connectivity index (χ3v) is 4.95. The molecule has 0 bridgehead atoms. The summed E-state index contributed by atoms with van der Waals surface area (Å²) in [5.41, 5.74) is -0.424. The van der Waals surface area contributed by atoms with Gasteiger partial charge in [-0.2, -0.15) is 0 Å². The second-order valence-corrected chi connectivity index (χ2v) is 7.89. The van der Waals surface area contributed by atoms with E-state index < -0.39 is 5.60 Å². The summed E-state index contributed by atoms with van der Waals surface area (Å²) >= 11 is 0. The predicted molar refractivity (Wildman–Crippen MR) is 91.6 cm³/mol. The maximum Gasteiger partial charge on any atom is 0.410 e. The summed E-state index contributed by atoms with van der Waals surface area (Å²) in [6.45, 7) is 8.27. The van der Waals surface area contributed by atoms with Gasteiger partial charge in [0.1, 0.15) is 5.60 Å². The van der Waals surface area contributed by atoms with Gasteiger partial charge in [-0.25, -0.2) is 4.79 Å². The highest BCUT2D eigenvalue weighted by Gasteiger charge is 2.40. The SMILES string of the molecule is COCCNC1CCCCC1C1CCCN1C(=O)OC(C)(C)C. The maximum atomic E-state index is 12.5. The normalized spacial score (nSPS) is 28.9. The number of likely N-dealkylation sites (tertiary alicyclic amines) is 1. The van der Waals surface area contributed by atoms with E-state index in [0.29, 0.717) is 18.0 Å². The fourth-order valence-corrected chi connectivity index (χ4v) is 4.00. The Bertz CT molecular complexity index is 381. The number of hydrogen-bond donors (Lipinski definition) is 1. The Balaban J connectivity index is 1.99. The zero-order valence-electron chi connectivity index (χ0n) is 15.3. The predicted octanol–water partition coefficient (Wildman–Crippen LogP) is 3.18. The van der Waals surface area contributed by atoms with Crippen LogP contribution in [0.15, 0.2) is 0 Å². The Hall–Kier alpha value is -0.810. The molecular weight excluding hydrogens is 292 g/mol. The molecule has 0 radical (unpaired) electrons. The van der Waals surface area contributed by atoms with Crippen molar-refractivity contribution in [2.75, 3.05) is 26.8 Å². The summed E-state index contributed by atoms with van der Waals surface area (Å²) in [4.78, 5) is 14.5. The molecule has 0 aromatic rings. The quantitative estimate of drug-likeness (QED) is 0.788. The van der Waals surface area contributed by atoms with Crippen LogP contribution in [0.25, 0.3) is 0 Å². The Morgan fingerprint density at radius 1 is 1.17 bits per heavy atom. The number of hydrogen-bond acceptors (Lipinski definition) is 4. The number of amides is 1. The molecule has 134 valence electrons. The van der Waals surface area contributed by atoms with Crippen molar-refractivity contribution in [1.29, 1.82) is 0 Å². The zero-order chi connectivity index (χ0) is 16.9. The molecule has 5 heteroatoms. The molecule has 1 saturated carbocycles. The van der Waals surface area contributed by atoms with Crippen molar-refractivity contribution in [3.63, 3.8) is 0 Å². The van der Waals surface area contributed by atoms with Gasteiger partial charge in [0.2, 0.25) is 0 Å². The highest BCUT2D eigenvalue weighted by molar-refractivity contribution is 5.69. The molecule has 1 heterocycles. The van der Waals surface area contributed by atoms with Crippen molar-refractivity contribution in [3.8, 4) is 0 Å². The molecule has 1 aliphatic heterocycles. The number of nitrogens with zero attached hydrogens (tertiary/aromatic N) is 1. The van der Waals surface area contributed by atoms with Crippen molar-refractivity contribution < 1.29 is 14.3 Å². The molecule has 2 fully saturated rings. The summed E-state index contributed by atoms with van der Waals surface area (Å²) in [7, 11) is 1.74. The summed E-state index contributed by atoms with van der Waals surface area (Å²) < 4.78 is 10.8. The van der Waals surface area contributed by atoms with E-state index in [9.17, 15) is 4.79 Å². The number of nitrogens with one attached hydrogen (secondary N) is 1. The van der Waals surface area contributed by atoms with Gasteiger partial charge in [-0.15, -0.1) is 0 Å². The van der Waals surface area contributed by atoms with E-state index in [4.69, 9.17) is 9.47 Å². The van der Waals surface area contributed by atoms with Gasteiger partial charge in [0, 0.05) is 32.3 Å². The lowest BCUT2D eigenvalue weighted by Crippen LogP contribution is -2.51. The molecule has 1 aliphatic carbocycles. The molecule has 0 aromatic heterocycles. The minimum absolute atomic E-state index is 0.138. The molecule has 1 N–H and O–H groups in total. The Morgan fingerprint density at radius 2 is 1.91 bits per heavy atom. The average molecular weight is 326 g/mol. The fourth-order valence-electron chi connectivity index (χ4n) is 4.00. The lowest BCUT2D eigenvalue weighted by molar-refractivity contribution is 0.0131. The first kappa shape index (κ1) is 18.5. The molecule has 3 unspecified atom stereocenters. The van der Waals surface area contributed by atoms with Crippen LogP contribution in [0.1, 0.15) is 59.3 Å². The number of carbonyl (C=O) groups is 1. The molecule has 2 rings (SSSR count). The molecule has 3 atom stereocenters. The summed E-state index contributed by atoms with van der Waals surface area (Å²) in [6.07, 6.45) is 7.01. The first-order valence-electron chi connectivity index (χ1n) is 9.14. The van der Waals surface area contributed by atoms with Crippen molar-refractivity contribution >= 4 is 6.09 Å². The van der Waals surface area contributed by atoms with E-state index >= 15 is 0 Å². The maximum absolute atomic E-state index is 12.5. The number of carbonyl (C=O) groups excluding carboxylic acids is 1. The average Bonchev–Trinajstić information content (AvgIpc) is 2.96. The number of rotatable bonds is 5.